The minimum absolute atomic E-state index is 0.0184. The van der Waals surface area contributed by atoms with Crippen LogP contribution in [0.4, 0.5) is 0 Å². The molecule has 0 saturated heterocycles. The number of H-pyrrole nitrogens is 1. The van der Waals surface area contributed by atoms with Gasteiger partial charge in [0.25, 0.3) is 5.56 Å². The summed E-state index contributed by atoms with van der Waals surface area (Å²) in [5.74, 6) is -2.76. The van der Waals surface area contributed by atoms with Gasteiger partial charge in [0.05, 0.1) is 10.9 Å². The van der Waals surface area contributed by atoms with E-state index < -0.39 is 47.2 Å². The van der Waals surface area contributed by atoms with E-state index >= 15 is 0 Å². The molecule has 0 unspecified atom stereocenters. The fraction of sp³-hybridized carbons (Fsp3) is 0.147. The maximum absolute atomic E-state index is 14.1. The number of nitrogens with zero attached hydrogens (tertiary/aromatic N) is 1. The Hall–Kier alpha value is -5.77. The normalized spacial score (nSPS) is 13.0. The van der Waals surface area contributed by atoms with E-state index in [1.54, 1.807) is 115 Å². The Labute approximate surface area is 252 Å². The summed E-state index contributed by atoms with van der Waals surface area (Å²) in [6.45, 7) is 0. The van der Waals surface area contributed by atoms with Gasteiger partial charge in [-0.05, 0) is 28.8 Å². The highest BCUT2D eigenvalue weighted by atomic mass is 16.4. The lowest BCUT2D eigenvalue weighted by molar-refractivity contribution is -0.142. The number of aromatic nitrogens is 2. The lowest BCUT2D eigenvalue weighted by Gasteiger charge is -2.25. The molecule has 0 saturated carbocycles. The van der Waals surface area contributed by atoms with E-state index in [-0.39, 0.29) is 18.2 Å². The Morgan fingerprint density at radius 2 is 1.23 bits per heavy atom. The van der Waals surface area contributed by atoms with Gasteiger partial charge in [0.1, 0.15) is 12.1 Å². The van der Waals surface area contributed by atoms with Crippen molar-refractivity contribution in [1.82, 2.24) is 20.2 Å². The van der Waals surface area contributed by atoms with Crippen molar-refractivity contribution < 1.29 is 19.5 Å². The predicted octanol–water partition coefficient (Wildman–Crippen LogP) is 3.14. The summed E-state index contributed by atoms with van der Waals surface area (Å²) in [5.41, 5.74) is 0.656. The van der Waals surface area contributed by atoms with Crippen LogP contribution >= 0.6 is 0 Å². The van der Waals surface area contributed by atoms with E-state index in [9.17, 15) is 29.1 Å². The monoisotopic (exact) mass is 590 g/mol. The Balaban J connectivity index is 1.52. The molecular weight excluding hydrogens is 560 g/mol. The SMILES string of the molecule is O=C(N[C@H](C(=O)O)c1ccccc1)[C@H](Cc1ccccc1)NC(=O)[C@@H](Cc1ccccc1)n1c(=O)[nH]c2ccccc2c1=O. The number of carboxylic acid groups (broad SMARTS) is 1. The third-order valence-electron chi connectivity index (χ3n) is 7.30. The number of hydrogen-bond donors (Lipinski definition) is 4. The average molecular weight is 591 g/mol. The Morgan fingerprint density at radius 3 is 1.84 bits per heavy atom. The van der Waals surface area contributed by atoms with Crippen molar-refractivity contribution in [3.05, 3.63) is 153 Å². The van der Waals surface area contributed by atoms with Gasteiger partial charge in [-0.25, -0.2) is 14.2 Å². The molecular formula is C34H30N4O6. The van der Waals surface area contributed by atoms with Crippen LogP contribution in [0, 0.1) is 0 Å². The molecule has 5 aromatic rings. The number of carbonyl (C=O) groups is 3. The van der Waals surface area contributed by atoms with Gasteiger partial charge in [0.2, 0.25) is 11.8 Å². The molecule has 4 aromatic carbocycles. The molecule has 1 aromatic heterocycles. The van der Waals surface area contributed by atoms with Crippen LogP contribution in [0.3, 0.4) is 0 Å². The van der Waals surface area contributed by atoms with Crippen LogP contribution in [0.1, 0.15) is 28.8 Å². The minimum Gasteiger partial charge on any atom is -0.479 e. The van der Waals surface area contributed by atoms with Crippen LogP contribution in [0.25, 0.3) is 10.9 Å². The van der Waals surface area contributed by atoms with Crippen LogP contribution in [0.15, 0.2) is 125 Å². The molecule has 0 spiro atoms. The fourth-order valence-electron chi connectivity index (χ4n) is 5.10. The summed E-state index contributed by atoms with van der Waals surface area (Å²) < 4.78 is 0.867. The first-order valence-electron chi connectivity index (χ1n) is 14.0. The number of para-hydroxylation sites is 1. The van der Waals surface area contributed by atoms with E-state index in [1.807, 2.05) is 0 Å². The molecule has 44 heavy (non-hydrogen) atoms. The van der Waals surface area contributed by atoms with Gasteiger partial charge < -0.3 is 20.7 Å². The van der Waals surface area contributed by atoms with Crippen molar-refractivity contribution in [2.24, 2.45) is 0 Å². The number of aliphatic carboxylic acids is 1. The Morgan fingerprint density at radius 1 is 0.682 bits per heavy atom. The second kappa shape index (κ2) is 13.5. The summed E-state index contributed by atoms with van der Waals surface area (Å²) in [6.07, 6.45) is 0.00994. The van der Waals surface area contributed by atoms with Gasteiger partial charge in [0, 0.05) is 12.8 Å². The second-order valence-corrected chi connectivity index (χ2v) is 10.3. The molecule has 1 heterocycles. The van der Waals surface area contributed by atoms with E-state index in [1.165, 1.54) is 0 Å². The van der Waals surface area contributed by atoms with Gasteiger partial charge in [-0.3, -0.25) is 14.4 Å². The van der Waals surface area contributed by atoms with E-state index in [0.717, 1.165) is 4.57 Å². The highest BCUT2D eigenvalue weighted by Crippen LogP contribution is 2.17. The van der Waals surface area contributed by atoms with Crippen LogP contribution in [0.5, 0.6) is 0 Å². The first-order chi connectivity index (χ1) is 21.3. The summed E-state index contributed by atoms with van der Waals surface area (Å²) >= 11 is 0. The van der Waals surface area contributed by atoms with E-state index in [2.05, 4.69) is 15.6 Å². The number of amides is 2. The third kappa shape index (κ3) is 6.81. The van der Waals surface area contributed by atoms with Crippen molar-refractivity contribution in [3.8, 4) is 0 Å². The van der Waals surface area contributed by atoms with Gasteiger partial charge in [-0.15, -0.1) is 0 Å². The number of benzene rings is 4. The van der Waals surface area contributed by atoms with Crippen LogP contribution in [-0.4, -0.2) is 38.5 Å². The van der Waals surface area contributed by atoms with E-state index in [0.29, 0.717) is 22.2 Å². The summed E-state index contributed by atoms with van der Waals surface area (Å²) in [5, 5.41) is 15.4. The molecule has 2 amide bonds. The molecule has 3 atom stereocenters. The third-order valence-corrected chi connectivity index (χ3v) is 7.30. The van der Waals surface area contributed by atoms with Crippen LogP contribution in [-0.2, 0) is 27.2 Å². The minimum atomic E-state index is -1.37. The standard InChI is InChI=1S/C34H30N4O6/c39-30(37-29(33(42)43)24-16-8-3-9-17-24)27(20-22-12-4-1-5-13-22)35-31(40)28(21-23-14-6-2-7-15-23)38-32(41)25-18-10-11-19-26(25)36-34(38)44/h1-19,27-29H,20-21H2,(H,35,40)(H,36,44)(H,37,39)(H,42,43)/t27-,28+,29-/m0/s1. The fourth-order valence-corrected chi connectivity index (χ4v) is 5.10. The lowest BCUT2D eigenvalue weighted by Crippen LogP contribution is -2.53. The molecule has 222 valence electrons. The molecule has 10 heteroatoms. The first kappa shape index (κ1) is 29.7. The second-order valence-electron chi connectivity index (χ2n) is 10.3. The number of nitrogens with one attached hydrogen (secondary N) is 3. The van der Waals surface area contributed by atoms with Crippen molar-refractivity contribution >= 4 is 28.7 Å². The van der Waals surface area contributed by atoms with Crippen molar-refractivity contribution in [2.45, 2.75) is 31.0 Å². The zero-order chi connectivity index (χ0) is 31.1. The number of aromatic amines is 1. The maximum atomic E-state index is 14.1. The number of hydrogen-bond acceptors (Lipinski definition) is 5. The highest BCUT2D eigenvalue weighted by molar-refractivity contribution is 5.92. The summed E-state index contributed by atoms with van der Waals surface area (Å²) in [4.78, 5) is 69.4. The molecule has 10 nitrogen and oxygen atoms in total. The molecule has 5 rings (SSSR count). The largest absolute Gasteiger partial charge is 0.479 e. The Bertz CT molecular complexity index is 1890. The molecule has 0 aliphatic carbocycles. The lowest BCUT2D eigenvalue weighted by atomic mass is 10.0. The zero-order valence-corrected chi connectivity index (χ0v) is 23.6. The van der Waals surface area contributed by atoms with Crippen LogP contribution < -0.4 is 21.9 Å². The van der Waals surface area contributed by atoms with Crippen molar-refractivity contribution in [3.63, 3.8) is 0 Å². The first-order valence-corrected chi connectivity index (χ1v) is 14.0. The summed E-state index contributed by atoms with van der Waals surface area (Å²) in [7, 11) is 0. The predicted molar refractivity (Wildman–Crippen MR) is 165 cm³/mol. The number of carbonyl (C=O) groups excluding carboxylic acids is 2. The molecule has 4 N–H and O–H groups in total. The number of carboxylic acids is 1. The summed E-state index contributed by atoms with van der Waals surface area (Å²) in [6, 6.07) is 28.6. The van der Waals surface area contributed by atoms with Crippen molar-refractivity contribution in [2.75, 3.05) is 0 Å². The average Bonchev–Trinajstić information content (AvgIpc) is 3.04. The molecule has 0 aliphatic heterocycles. The number of rotatable bonds is 11. The zero-order valence-electron chi connectivity index (χ0n) is 23.6. The van der Waals surface area contributed by atoms with Gasteiger partial charge in [-0.2, -0.15) is 0 Å². The van der Waals surface area contributed by atoms with E-state index in [4.69, 9.17) is 0 Å². The molecule has 0 bridgehead atoms. The number of fused-ring (bicyclic) bond motifs is 1. The van der Waals surface area contributed by atoms with Gasteiger partial charge in [0.15, 0.2) is 6.04 Å². The maximum Gasteiger partial charge on any atom is 0.330 e. The highest BCUT2D eigenvalue weighted by Gasteiger charge is 2.32. The van der Waals surface area contributed by atoms with Gasteiger partial charge >= 0.3 is 11.7 Å². The quantitative estimate of drug-likeness (QED) is 0.186. The molecule has 0 radical (unpaired) electrons. The van der Waals surface area contributed by atoms with Crippen LogP contribution in [0.2, 0.25) is 0 Å². The topological polar surface area (TPSA) is 150 Å². The molecule has 0 aliphatic rings. The molecule has 0 fully saturated rings. The van der Waals surface area contributed by atoms with Crippen molar-refractivity contribution in [1.29, 1.82) is 0 Å². The smallest absolute Gasteiger partial charge is 0.330 e. The Kier molecular flexibility index (Phi) is 9.10. The van der Waals surface area contributed by atoms with Gasteiger partial charge in [-0.1, -0.05) is 103 Å².